The highest BCUT2D eigenvalue weighted by Gasteiger charge is 2.67. The molecular weight excluding hydrogens is 272 g/mol. The number of allylic oxidation sites excluding steroid dienone is 1. The summed E-state index contributed by atoms with van der Waals surface area (Å²) in [5.74, 6) is 0.519. The van der Waals surface area contributed by atoms with Gasteiger partial charge in [-0.15, -0.1) is 6.58 Å². The molecule has 4 aliphatic rings. The molecule has 1 unspecified atom stereocenters. The first-order valence-corrected chi connectivity index (χ1v) is 9.32. The second-order valence-electron chi connectivity index (χ2n) is 9.20. The van der Waals surface area contributed by atoms with Gasteiger partial charge in [-0.3, -0.25) is 0 Å². The molecule has 1 saturated heterocycles. The summed E-state index contributed by atoms with van der Waals surface area (Å²) in [5, 5.41) is 0. The second-order valence-corrected chi connectivity index (χ2v) is 9.20. The van der Waals surface area contributed by atoms with Crippen molar-refractivity contribution < 1.29 is 9.47 Å². The van der Waals surface area contributed by atoms with E-state index in [1.165, 1.54) is 32.1 Å². The molecule has 3 saturated carbocycles. The summed E-state index contributed by atoms with van der Waals surface area (Å²) in [6.07, 6.45) is 12.2. The summed E-state index contributed by atoms with van der Waals surface area (Å²) in [5.41, 5.74) is 0.935. The standard InChI is InChI=1S/C20H32O2/c1-5-8-19-9-6-10-20(19,21-13-12-19)22-16-14-15-7-11-18(16,4)17(15,2)3/h5,15-16H,1,6-14H2,2-4H3/t15?,16-,18+,19+,20-/m1/s1. The van der Waals surface area contributed by atoms with E-state index >= 15 is 0 Å². The van der Waals surface area contributed by atoms with Gasteiger partial charge >= 0.3 is 0 Å². The first kappa shape index (κ1) is 15.2. The van der Waals surface area contributed by atoms with E-state index in [1.54, 1.807) is 0 Å². The lowest BCUT2D eigenvalue weighted by molar-refractivity contribution is -0.286. The predicted molar refractivity (Wildman–Crippen MR) is 88.5 cm³/mol. The molecular formula is C20H32O2. The summed E-state index contributed by atoms with van der Waals surface area (Å²) in [6, 6.07) is 0. The predicted octanol–water partition coefficient (Wildman–Crippen LogP) is 5.08. The molecule has 2 heteroatoms. The molecule has 0 aromatic rings. The number of hydrogen-bond donors (Lipinski definition) is 0. The molecule has 124 valence electrons. The minimum absolute atomic E-state index is 0.205. The SMILES string of the molecule is C=CC[C@@]12CCC[C@]1(O[C@@H]1CC3CC[C@]1(C)C3(C)C)OCC2. The van der Waals surface area contributed by atoms with Crippen molar-refractivity contribution in [3.05, 3.63) is 12.7 Å². The van der Waals surface area contributed by atoms with Gasteiger partial charge in [0.1, 0.15) is 0 Å². The highest BCUT2D eigenvalue weighted by Crippen LogP contribution is 2.68. The molecule has 0 aromatic heterocycles. The molecule has 3 aliphatic carbocycles. The van der Waals surface area contributed by atoms with Gasteiger partial charge in [-0.05, 0) is 61.7 Å². The first-order chi connectivity index (χ1) is 10.4. The Hall–Kier alpha value is -0.340. The third-order valence-electron chi connectivity index (χ3n) is 8.47. The van der Waals surface area contributed by atoms with Crippen molar-refractivity contribution in [2.24, 2.45) is 22.2 Å². The van der Waals surface area contributed by atoms with E-state index in [9.17, 15) is 0 Å². The lowest BCUT2D eigenvalue weighted by Crippen LogP contribution is -2.49. The van der Waals surface area contributed by atoms with Gasteiger partial charge in [-0.1, -0.05) is 26.8 Å². The fourth-order valence-electron chi connectivity index (χ4n) is 6.46. The van der Waals surface area contributed by atoms with Gasteiger partial charge in [0.25, 0.3) is 0 Å². The molecule has 4 fully saturated rings. The van der Waals surface area contributed by atoms with Crippen molar-refractivity contribution in [1.82, 2.24) is 0 Å². The molecule has 0 spiro atoms. The quantitative estimate of drug-likeness (QED) is 0.674. The fraction of sp³-hybridized carbons (Fsp3) is 0.900. The Kier molecular flexibility index (Phi) is 3.18. The van der Waals surface area contributed by atoms with Crippen LogP contribution in [0.15, 0.2) is 12.7 Å². The van der Waals surface area contributed by atoms with Crippen LogP contribution in [0.2, 0.25) is 0 Å². The Morgan fingerprint density at radius 3 is 2.64 bits per heavy atom. The van der Waals surface area contributed by atoms with E-state index in [0.29, 0.717) is 16.9 Å². The molecule has 1 aliphatic heterocycles. The molecule has 2 bridgehead atoms. The largest absolute Gasteiger partial charge is 0.349 e. The fourth-order valence-corrected chi connectivity index (χ4v) is 6.46. The number of fused-ring (bicyclic) bond motifs is 3. The number of hydrogen-bond acceptors (Lipinski definition) is 2. The topological polar surface area (TPSA) is 18.5 Å². The lowest BCUT2D eigenvalue weighted by Gasteiger charge is -2.46. The maximum atomic E-state index is 6.94. The van der Waals surface area contributed by atoms with E-state index in [0.717, 1.165) is 31.8 Å². The lowest BCUT2D eigenvalue weighted by atomic mass is 9.69. The molecule has 0 N–H and O–H groups in total. The maximum Gasteiger partial charge on any atom is 0.174 e. The molecule has 22 heavy (non-hydrogen) atoms. The van der Waals surface area contributed by atoms with Crippen molar-refractivity contribution in [2.45, 2.75) is 84.0 Å². The summed E-state index contributed by atoms with van der Waals surface area (Å²) >= 11 is 0. The summed E-state index contributed by atoms with van der Waals surface area (Å²) in [4.78, 5) is 0. The van der Waals surface area contributed by atoms with Crippen LogP contribution in [0.4, 0.5) is 0 Å². The van der Waals surface area contributed by atoms with Crippen LogP contribution >= 0.6 is 0 Å². The normalized spacial score (nSPS) is 52.1. The zero-order chi connectivity index (χ0) is 15.6. The van der Waals surface area contributed by atoms with Crippen molar-refractivity contribution >= 4 is 0 Å². The zero-order valence-corrected chi connectivity index (χ0v) is 14.6. The van der Waals surface area contributed by atoms with Gasteiger partial charge in [-0.25, -0.2) is 0 Å². The van der Waals surface area contributed by atoms with E-state index in [-0.39, 0.29) is 11.2 Å². The minimum atomic E-state index is -0.310. The van der Waals surface area contributed by atoms with Gasteiger partial charge in [0, 0.05) is 11.8 Å². The van der Waals surface area contributed by atoms with Crippen LogP contribution in [0.3, 0.4) is 0 Å². The van der Waals surface area contributed by atoms with Gasteiger partial charge in [0.15, 0.2) is 5.79 Å². The summed E-state index contributed by atoms with van der Waals surface area (Å²) in [6.45, 7) is 12.3. The molecule has 0 aromatic carbocycles. The third-order valence-corrected chi connectivity index (χ3v) is 8.47. The van der Waals surface area contributed by atoms with Crippen LogP contribution in [0.25, 0.3) is 0 Å². The second kappa shape index (κ2) is 4.60. The average molecular weight is 304 g/mol. The molecule has 0 amide bonds. The third kappa shape index (κ3) is 1.64. The Balaban J connectivity index is 1.62. The van der Waals surface area contributed by atoms with E-state index in [1.807, 2.05) is 0 Å². The summed E-state index contributed by atoms with van der Waals surface area (Å²) in [7, 11) is 0. The van der Waals surface area contributed by atoms with Crippen LogP contribution < -0.4 is 0 Å². The highest BCUT2D eigenvalue weighted by molar-refractivity contribution is 5.13. The zero-order valence-electron chi connectivity index (χ0n) is 14.6. The number of ether oxygens (including phenoxy) is 2. The average Bonchev–Trinajstić information content (AvgIpc) is 3.06. The van der Waals surface area contributed by atoms with Crippen LogP contribution in [0, 0.1) is 22.2 Å². The van der Waals surface area contributed by atoms with E-state index < -0.39 is 0 Å². The monoisotopic (exact) mass is 304 g/mol. The van der Waals surface area contributed by atoms with Crippen molar-refractivity contribution in [2.75, 3.05) is 6.61 Å². The van der Waals surface area contributed by atoms with Gasteiger partial charge in [0.05, 0.1) is 12.7 Å². The smallest absolute Gasteiger partial charge is 0.174 e. The highest BCUT2D eigenvalue weighted by atomic mass is 16.7. The minimum Gasteiger partial charge on any atom is -0.349 e. The first-order valence-electron chi connectivity index (χ1n) is 9.32. The van der Waals surface area contributed by atoms with Crippen molar-refractivity contribution in [1.29, 1.82) is 0 Å². The Labute approximate surface area is 135 Å². The summed E-state index contributed by atoms with van der Waals surface area (Å²) < 4.78 is 13.3. The van der Waals surface area contributed by atoms with E-state index in [2.05, 4.69) is 33.4 Å². The van der Waals surface area contributed by atoms with Crippen LogP contribution in [-0.4, -0.2) is 18.5 Å². The van der Waals surface area contributed by atoms with Crippen LogP contribution in [0.5, 0.6) is 0 Å². The van der Waals surface area contributed by atoms with E-state index in [4.69, 9.17) is 9.47 Å². The maximum absolute atomic E-state index is 6.94. The van der Waals surface area contributed by atoms with Gasteiger partial charge in [-0.2, -0.15) is 0 Å². The Bertz CT molecular complexity index is 470. The Morgan fingerprint density at radius 2 is 2.00 bits per heavy atom. The Morgan fingerprint density at radius 1 is 1.18 bits per heavy atom. The van der Waals surface area contributed by atoms with Crippen molar-refractivity contribution in [3.63, 3.8) is 0 Å². The molecule has 0 radical (unpaired) electrons. The molecule has 2 nitrogen and oxygen atoms in total. The van der Waals surface area contributed by atoms with Crippen LogP contribution in [-0.2, 0) is 9.47 Å². The van der Waals surface area contributed by atoms with Gasteiger partial charge in [0.2, 0.25) is 0 Å². The molecule has 5 atom stereocenters. The molecule has 4 rings (SSSR count). The molecule has 1 heterocycles. The van der Waals surface area contributed by atoms with Crippen molar-refractivity contribution in [3.8, 4) is 0 Å². The van der Waals surface area contributed by atoms with Gasteiger partial charge < -0.3 is 9.47 Å². The number of rotatable bonds is 4. The van der Waals surface area contributed by atoms with Crippen LogP contribution in [0.1, 0.15) is 72.1 Å².